The molecule has 23 heavy (non-hydrogen) atoms. The minimum Gasteiger partial charge on any atom is -0.326 e. The van der Waals surface area contributed by atoms with Crippen molar-refractivity contribution in [3.05, 3.63) is 59.9 Å². The molecule has 120 valence electrons. The van der Waals surface area contributed by atoms with Gasteiger partial charge < -0.3 is 5.32 Å². The molecule has 3 nitrogen and oxygen atoms in total. The summed E-state index contributed by atoms with van der Waals surface area (Å²) in [6.45, 7) is 0. The van der Waals surface area contributed by atoms with Gasteiger partial charge in [0, 0.05) is 24.5 Å². The predicted molar refractivity (Wildman–Crippen MR) is 99.9 cm³/mol. The van der Waals surface area contributed by atoms with Gasteiger partial charge in [0.2, 0.25) is 5.91 Å². The summed E-state index contributed by atoms with van der Waals surface area (Å²) < 4.78 is 0.496. The van der Waals surface area contributed by atoms with E-state index in [0.29, 0.717) is 17.4 Å². The maximum Gasteiger partial charge on any atom is 0.224 e. The smallest absolute Gasteiger partial charge is 0.224 e. The molecule has 1 N–H and O–H groups in total. The average molecular weight is 345 g/mol. The number of pyridine rings is 1. The third-order valence-corrected chi connectivity index (χ3v) is 6.65. The normalized spacial score (nSPS) is 15.3. The Hall–Kier alpha value is -1.46. The number of amides is 1. The Labute approximate surface area is 145 Å². The third-order valence-electron chi connectivity index (χ3n) is 3.63. The Balaban J connectivity index is 1.55. The minimum atomic E-state index is 0.0509. The predicted octanol–water partition coefficient (Wildman–Crippen LogP) is 4.52. The van der Waals surface area contributed by atoms with Crippen LogP contribution in [0.25, 0.3) is 0 Å². The molecule has 2 heterocycles. The van der Waals surface area contributed by atoms with Crippen molar-refractivity contribution in [1.29, 1.82) is 0 Å². The molecule has 0 bridgehead atoms. The summed E-state index contributed by atoms with van der Waals surface area (Å²) in [5, 5.41) is 3.01. The molecule has 3 rings (SSSR count). The number of aryl methyl sites for hydroxylation is 1. The monoisotopic (exact) mass is 344 g/mol. The molecular formula is C18H20N2OS2. The third kappa shape index (κ3) is 5.01. The number of thioether (sulfide) groups is 2. The van der Waals surface area contributed by atoms with Crippen molar-refractivity contribution in [3.8, 4) is 0 Å². The molecule has 5 heteroatoms. The summed E-state index contributed by atoms with van der Waals surface area (Å²) >= 11 is 3.99. The first-order valence-electron chi connectivity index (χ1n) is 7.83. The van der Waals surface area contributed by atoms with E-state index < -0.39 is 0 Å². The van der Waals surface area contributed by atoms with Gasteiger partial charge in [0.1, 0.15) is 0 Å². The van der Waals surface area contributed by atoms with E-state index in [9.17, 15) is 4.79 Å². The second kappa shape index (κ2) is 8.41. The number of hydrogen-bond donors (Lipinski definition) is 1. The molecule has 0 spiro atoms. The largest absolute Gasteiger partial charge is 0.326 e. The highest BCUT2D eigenvalue weighted by Crippen LogP contribution is 2.44. The second-order valence-electron chi connectivity index (χ2n) is 5.46. The lowest BCUT2D eigenvalue weighted by molar-refractivity contribution is -0.116. The van der Waals surface area contributed by atoms with Crippen molar-refractivity contribution < 1.29 is 4.79 Å². The maximum atomic E-state index is 12.1. The van der Waals surface area contributed by atoms with Gasteiger partial charge in [0.05, 0.1) is 4.58 Å². The van der Waals surface area contributed by atoms with Crippen molar-refractivity contribution in [3.63, 3.8) is 0 Å². The fourth-order valence-electron chi connectivity index (χ4n) is 2.47. The summed E-state index contributed by atoms with van der Waals surface area (Å²) in [6.07, 6.45) is 6.04. The Kier molecular flexibility index (Phi) is 6.00. The van der Waals surface area contributed by atoms with Gasteiger partial charge in [-0.15, -0.1) is 23.5 Å². The van der Waals surface area contributed by atoms with Crippen LogP contribution in [0.3, 0.4) is 0 Å². The number of carbonyl (C=O) groups excluding carboxylic acids is 1. The molecule has 1 amide bonds. The van der Waals surface area contributed by atoms with Crippen LogP contribution in [0.1, 0.15) is 28.6 Å². The summed E-state index contributed by atoms with van der Waals surface area (Å²) in [5.74, 6) is 2.49. The van der Waals surface area contributed by atoms with E-state index in [1.165, 1.54) is 23.5 Å². The van der Waals surface area contributed by atoms with E-state index in [1.807, 2.05) is 54.0 Å². The summed E-state index contributed by atoms with van der Waals surface area (Å²) in [6, 6.07) is 12.2. The van der Waals surface area contributed by atoms with Gasteiger partial charge >= 0.3 is 0 Å². The Bertz CT molecular complexity index is 642. The van der Waals surface area contributed by atoms with Crippen LogP contribution in [0.15, 0.2) is 48.8 Å². The van der Waals surface area contributed by atoms with E-state index in [-0.39, 0.29) is 5.91 Å². The lowest BCUT2D eigenvalue weighted by Gasteiger charge is -2.21. The Morgan fingerprint density at radius 1 is 1.22 bits per heavy atom. The molecule has 0 unspecified atom stereocenters. The van der Waals surface area contributed by atoms with Crippen molar-refractivity contribution in [2.45, 2.75) is 23.8 Å². The zero-order valence-corrected chi connectivity index (χ0v) is 14.5. The van der Waals surface area contributed by atoms with Crippen molar-refractivity contribution in [2.75, 3.05) is 16.8 Å². The number of rotatable bonds is 5. The quantitative estimate of drug-likeness (QED) is 0.866. The summed E-state index contributed by atoms with van der Waals surface area (Å²) in [5.41, 5.74) is 3.28. The highest BCUT2D eigenvalue weighted by Gasteiger charge is 2.16. The molecule has 1 aromatic heterocycles. The van der Waals surface area contributed by atoms with E-state index in [0.717, 1.165) is 11.3 Å². The maximum absolute atomic E-state index is 12.1. The van der Waals surface area contributed by atoms with Crippen LogP contribution in [0, 0.1) is 0 Å². The van der Waals surface area contributed by atoms with E-state index in [2.05, 4.69) is 22.4 Å². The van der Waals surface area contributed by atoms with Crippen LogP contribution < -0.4 is 5.32 Å². The molecule has 1 aliphatic rings. The molecule has 1 saturated heterocycles. The highest BCUT2D eigenvalue weighted by molar-refractivity contribution is 8.16. The number of anilines is 1. The van der Waals surface area contributed by atoms with Crippen molar-refractivity contribution >= 4 is 35.1 Å². The summed E-state index contributed by atoms with van der Waals surface area (Å²) in [7, 11) is 0. The molecule has 1 aliphatic heterocycles. The molecular weight excluding hydrogens is 324 g/mol. The van der Waals surface area contributed by atoms with Crippen LogP contribution in [0.2, 0.25) is 0 Å². The van der Waals surface area contributed by atoms with Crippen LogP contribution in [-0.4, -0.2) is 22.4 Å². The number of nitrogens with one attached hydrogen (secondary N) is 1. The van der Waals surface area contributed by atoms with Gasteiger partial charge in [-0.3, -0.25) is 9.78 Å². The van der Waals surface area contributed by atoms with Gasteiger partial charge in [0.15, 0.2) is 0 Å². The molecule has 0 aliphatic carbocycles. The first-order chi connectivity index (χ1) is 11.3. The SMILES string of the molecule is O=C(CCc1cccnc1)Nc1cccc(C2SCCCS2)c1. The topological polar surface area (TPSA) is 42.0 Å². The first kappa shape index (κ1) is 16.4. The van der Waals surface area contributed by atoms with E-state index in [1.54, 1.807) is 6.20 Å². The fraction of sp³-hybridized carbons (Fsp3) is 0.333. The number of carbonyl (C=O) groups is 1. The lowest BCUT2D eigenvalue weighted by atomic mass is 10.1. The Morgan fingerprint density at radius 3 is 2.87 bits per heavy atom. The van der Waals surface area contributed by atoms with Crippen molar-refractivity contribution in [2.24, 2.45) is 0 Å². The fourth-order valence-corrected chi connectivity index (χ4v) is 5.34. The van der Waals surface area contributed by atoms with E-state index >= 15 is 0 Å². The number of aromatic nitrogens is 1. The number of benzene rings is 1. The van der Waals surface area contributed by atoms with Crippen LogP contribution >= 0.6 is 23.5 Å². The lowest BCUT2D eigenvalue weighted by Crippen LogP contribution is -2.12. The second-order valence-corrected chi connectivity index (χ2v) is 8.19. The number of hydrogen-bond acceptors (Lipinski definition) is 4. The first-order valence-corrected chi connectivity index (χ1v) is 9.93. The molecule has 1 fully saturated rings. The minimum absolute atomic E-state index is 0.0509. The van der Waals surface area contributed by atoms with E-state index in [4.69, 9.17) is 0 Å². The van der Waals surface area contributed by atoms with Gasteiger partial charge in [-0.2, -0.15) is 0 Å². The van der Waals surface area contributed by atoms with Gasteiger partial charge in [-0.05, 0) is 53.7 Å². The molecule has 2 aromatic rings. The zero-order chi connectivity index (χ0) is 15.9. The van der Waals surface area contributed by atoms with Gasteiger partial charge in [-0.25, -0.2) is 0 Å². The molecule has 1 aromatic carbocycles. The highest BCUT2D eigenvalue weighted by atomic mass is 32.2. The van der Waals surface area contributed by atoms with Crippen LogP contribution in [0.4, 0.5) is 5.69 Å². The molecule has 0 atom stereocenters. The summed E-state index contributed by atoms with van der Waals surface area (Å²) in [4.78, 5) is 16.2. The van der Waals surface area contributed by atoms with Gasteiger partial charge in [0.25, 0.3) is 0 Å². The zero-order valence-electron chi connectivity index (χ0n) is 12.9. The Morgan fingerprint density at radius 2 is 2.09 bits per heavy atom. The standard InChI is InChI=1S/C18H20N2OS2/c21-17(8-7-14-4-2-9-19-13-14)20-16-6-1-5-15(12-16)18-22-10-3-11-23-18/h1-2,4-6,9,12-13,18H,3,7-8,10-11H2,(H,20,21). The molecule has 0 radical (unpaired) electrons. The molecule has 0 saturated carbocycles. The average Bonchev–Trinajstić information content (AvgIpc) is 2.62. The van der Waals surface area contributed by atoms with Crippen molar-refractivity contribution in [1.82, 2.24) is 4.98 Å². The van der Waals surface area contributed by atoms with Crippen LogP contribution in [-0.2, 0) is 11.2 Å². The van der Waals surface area contributed by atoms with Crippen LogP contribution in [0.5, 0.6) is 0 Å². The van der Waals surface area contributed by atoms with Gasteiger partial charge in [-0.1, -0.05) is 18.2 Å². The number of nitrogens with zero attached hydrogens (tertiary/aromatic N) is 1.